The van der Waals surface area contributed by atoms with Gasteiger partial charge >= 0.3 is 0 Å². The molecule has 0 radical (unpaired) electrons. The predicted octanol–water partition coefficient (Wildman–Crippen LogP) is 2.49. The number of hydrogen-bond acceptors (Lipinski definition) is 5. The summed E-state index contributed by atoms with van der Waals surface area (Å²) in [7, 11) is 1.63. The number of nitrogens with zero attached hydrogens (tertiary/aromatic N) is 2. The van der Waals surface area contributed by atoms with E-state index >= 15 is 0 Å². The molecule has 5 nitrogen and oxygen atoms in total. The van der Waals surface area contributed by atoms with Crippen LogP contribution in [0.2, 0.25) is 0 Å². The van der Waals surface area contributed by atoms with E-state index in [1.807, 2.05) is 0 Å². The highest BCUT2D eigenvalue weighted by Gasteiger charge is 2.40. The molecule has 2 heterocycles. The summed E-state index contributed by atoms with van der Waals surface area (Å²) in [6.07, 6.45) is 7.77. The number of methoxy groups -OCH3 is 1. The van der Waals surface area contributed by atoms with Gasteiger partial charge in [-0.05, 0) is 39.2 Å². The monoisotopic (exact) mass is 279 g/mol. The fraction of sp³-hybridized carbons (Fsp3) is 0.733. The zero-order chi connectivity index (χ0) is 14.4. The van der Waals surface area contributed by atoms with Crippen molar-refractivity contribution >= 4 is 0 Å². The van der Waals surface area contributed by atoms with Crippen LogP contribution in [0.15, 0.2) is 12.4 Å². The van der Waals surface area contributed by atoms with Gasteiger partial charge in [-0.15, -0.1) is 0 Å². The second-order valence-electron chi connectivity index (χ2n) is 5.46. The Labute approximate surface area is 121 Å². The normalized spacial score (nSPS) is 24.4. The minimum Gasteiger partial charge on any atom is -0.480 e. The van der Waals surface area contributed by atoms with Crippen molar-refractivity contribution in [1.29, 1.82) is 0 Å². The van der Waals surface area contributed by atoms with E-state index in [1.54, 1.807) is 19.5 Å². The lowest BCUT2D eigenvalue weighted by Crippen LogP contribution is -2.46. The lowest BCUT2D eigenvalue weighted by molar-refractivity contribution is -0.0910. The van der Waals surface area contributed by atoms with Gasteiger partial charge in [0.15, 0.2) is 0 Å². The van der Waals surface area contributed by atoms with Crippen LogP contribution in [0.3, 0.4) is 0 Å². The lowest BCUT2D eigenvalue weighted by atomic mass is 9.86. The van der Waals surface area contributed by atoms with E-state index in [-0.39, 0.29) is 11.6 Å². The minimum atomic E-state index is -0.253. The topological polar surface area (TPSA) is 56.3 Å². The van der Waals surface area contributed by atoms with Crippen molar-refractivity contribution in [2.45, 2.75) is 51.2 Å². The SMILES string of the molecule is CCCNC(c1nccnc1OC)C1(C)CCCCO1. The van der Waals surface area contributed by atoms with Crippen LogP contribution in [0.5, 0.6) is 5.88 Å². The van der Waals surface area contributed by atoms with Crippen molar-refractivity contribution in [3.63, 3.8) is 0 Å². The number of hydrogen-bond donors (Lipinski definition) is 1. The van der Waals surface area contributed by atoms with Crippen LogP contribution in [0.4, 0.5) is 0 Å². The Morgan fingerprint density at radius 2 is 2.20 bits per heavy atom. The molecule has 1 saturated heterocycles. The van der Waals surface area contributed by atoms with E-state index in [9.17, 15) is 0 Å². The first-order valence-corrected chi connectivity index (χ1v) is 7.43. The van der Waals surface area contributed by atoms with Crippen LogP contribution in [-0.2, 0) is 4.74 Å². The van der Waals surface area contributed by atoms with E-state index in [4.69, 9.17) is 9.47 Å². The zero-order valence-electron chi connectivity index (χ0n) is 12.7. The van der Waals surface area contributed by atoms with Crippen LogP contribution in [0.1, 0.15) is 51.3 Å². The molecule has 1 aromatic heterocycles. The maximum Gasteiger partial charge on any atom is 0.237 e. The van der Waals surface area contributed by atoms with Crippen LogP contribution in [-0.4, -0.2) is 35.8 Å². The van der Waals surface area contributed by atoms with Gasteiger partial charge in [0.1, 0.15) is 5.69 Å². The number of aromatic nitrogens is 2. The maximum atomic E-state index is 6.09. The average molecular weight is 279 g/mol. The molecule has 0 spiro atoms. The van der Waals surface area contributed by atoms with Gasteiger partial charge < -0.3 is 14.8 Å². The second-order valence-corrected chi connectivity index (χ2v) is 5.46. The van der Waals surface area contributed by atoms with E-state index in [0.717, 1.165) is 38.1 Å². The number of nitrogens with one attached hydrogen (secondary N) is 1. The molecule has 1 aliphatic rings. The Hall–Kier alpha value is -1.20. The second kappa shape index (κ2) is 6.99. The highest BCUT2D eigenvalue weighted by atomic mass is 16.5. The van der Waals surface area contributed by atoms with Gasteiger partial charge in [0, 0.05) is 19.0 Å². The predicted molar refractivity (Wildman–Crippen MR) is 77.8 cm³/mol. The van der Waals surface area contributed by atoms with Crippen molar-refractivity contribution in [1.82, 2.24) is 15.3 Å². The van der Waals surface area contributed by atoms with E-state index in [2.05, 4.69) is 29.1 Å². The molecule has 5 heteroatoms. The first kappa shape index (κ1) is 15.2. The van der Waals surface area contributed by atoms with Gasteiger partial charge in [0.05, 0.1) is 18.8 Å². The summed E-state index contributed by atoms with van der Waals surface area (Å²) in [5.41, 5.74) is 0.587. The van der Waals surface area contributed by atoms with Crippen LogP contribution >= 0.6 is 0 Å². The average Bonchev–Trinajstić information content (AvgIpc) is 2.48. The summed E-state index contributed by atoms with van der Waals surface area (Å²) in [5, 5.41) is 3.56. The van der Waals surface area contributed by atoms with Crippen molar-refractivity contribution in [2.75, 3.05) is 20.3 Å². The first-order chi connectivity index (χ1) is 9.71. The highest BCUT2D eigenvalue weighted by molar-refractivity contribution is 5.24. The summed E-state index contributed by atoms with van der Waals surface area (Å²) in [5.74, 6) is 0.580. The largest absolute Gasteiger partial charge is 0.480 e. The maximum absolute atomic E-state index is 6.09. The molecule has 0 amide bonds. The molecular weight excluding hydrogens is 254 g/mol. The molecule has 0 saturated carbocycles. The van der Waals surface area contributed by atoms with E-state index in [0.29, 0.717) is 5.88 Å². The van der Waals surface area contributed by atoms with Gasteiger partial charge in [0.2, 0.25) is 5.88 Å². The molecule has 0 bridgehead atoms. The fourth-order valence-corrected chi connectivity index (χ4v) is 2.76. The number of rotatable bonds is 6. The molecule has 20 heavy (non-hydrogen) atoms. The Balaban J connectivity index is 2.30. The third-order valence-electron chi connectivity index (χ3n) is 3.87. The third-order valence-corrected chi connectivity index (χ3v) is 3.87. The Bertz CT molecular complexity index is 419. The first-order valence-electron chi connectivity index (χ1n) is 7.43. The van der Waals surface area contributed by atoms with Crippen molar-refractivity contribution in [3.8, 4) is 5.88 Å². The Kier molecular flexibility index (Phi) is 5.31. The van der Waals surface area contributed by atoms with Crippen LogP contribution in [0.25, 0.3) is 0 Å². The van der Waals surface area contributed by atoms with E-state index < -0.39 is 0 Å². The molecular formula is C15H25N3O2. The molecule has 1 N–H and O–H groups in total. The third kappa shape index (κ3) is 3.27. The summed E-state index contributed by atoms with van der Waals surface area (Å²) in [4.78, 5) is 8.76. The lowest BCUT2D eigenvalue weighted by Gasteiger charge is -2.40. The van der Waals surface area contributed by atoms with Crippen molar-refractivity contribution in [3.05, 3.63) is 18.1 Å². The molecule has 1 aliphatic heterocycles. The zero-order valence-corrected chi connectivity index (χ0v) is 12.7. The van der Waals surface area contributed by atoms with Gasteiger partial charge in [-0.1, -0.05) is 6.92 Å². The summed E-state index contributed by atoms with van der Waals surface area (Å²) >= 11 is 0. The summed E-state index contributed by atoms with van der Waals surface area (Å²) in [6, 6.07) is 0.00593. The summed E-state index contributed by atoms with van der Waals surface area (Å²) in [6.45, 7) is 6.04. The smallest absolute Gasteiger partial charge is 0.237 e. The van der Waals surface area contributed by atoms with Gasteiger partial charge in [-0.2, -0.15) is 0 Å². The Morgan fingerprint density at radius 3 is 2.85 bits per heavy atom. The fourth-order valence-electron chi connectivity index (χ4n) is 2.76. The van der Waals surface area contributed by atoms with E-state index in [1.165, 1.54) is 6.42 Å². The molecule has 1 fully saturated rings. The van der Waals surface area contributed by atoms with Crippen molar-refractivity contribution < 1.29 is 9.47 Å². The number of ether oxygens (including phenoxy) is 2. The highest BCUT2D eigenvalue weighted by Crippen LogP contribution is 2.38. The van der Waals surface area contributed by atoms with Gasteiger partial charge in [0.25, 0.3) is 0 Å². The van der Waals surface area contributed by atoms with Crippen LogP contribution in [0, 0.1) is 0 Å². The van der Waals surface area contributed by atoms with Gasteiger partial charge in [-0.3, -0.25) is 4.98 Å². The minimum absolute atomic E-state index is 0.00593. The molecule has 2 rings (SSSR count). The van der Waals surface area contributed by atoms with Gasteiger partial charge in [-0.25, -0.2) is 4.98 Å². The van der Waals surface area contributed by atoms with Crippen molar-refractivity contribution in [2.24, 2.45) is 0 Å². The Morgan fingerprint density at radius 1 is 1.40 bits per heavy atom. The summed E-state index contributed by atoms with van der Waals surface area (Å²) < 4.78 is 11.5. The quantitative estimate of drug-likeness (QED) is 0.867. The molecule has 2 atom stereocenters. The molecule has 112 valence electrons. The standard InChI is InChI=1S/C15H25N3O2/c1-4-8-17-13(15(2)7-5-6-11-20-15)12-14(19-3)18-10-9-16-12/h9-10,13,17H,4-8,11H2,1-3H3. The molecule has 2 unspecified atom stereocenters. The van der Waals surface area contributed by atoms with Crippen LogP contribution < -0.4 is 10.1 Å². The molecule has 0 aliphatic carbocycles. The molecule has 0 aromatic carbocycles. The molecule has 1 aromatic rings.